The van der Waals surface area contributed by atoms with E-state index in [1.807, 2.05) is 6.92 Å². The van der Waals surface area contributed by atoms with Crippen LogP contribution in [-0.2, 0) is 4.74 Å². The van der Waals surface area contributed by atoms with Crippen LogP contribution in [-0.4, -0.2) is 17.6 Å². The Bertz CT molecular complexity index is 364. The van der Waals surface area contributed by atoms with Gasteiger partial charge in [0.15, 0.2) is 5.03 Å². The first-order valence-corrected chi connectivity index (χ1v) is 5.59. The minimum Gasteiger partial charge on any atom is -0.472 e. The molecule has 1 N–H and O–H groups in total. The molecule has 0 saturated carbocycles. The van der Waals surface area contributed by atoms with Crippen molar-refractivity contribution in [2.75, 3.05) is 6.61 Å². The maximum atomic E-state index is 10.8. The highest BCUT2D eigenvalue weighted by Crippen LogP contribution is 2.28. The van der Waals surface area contributed by atoms with E-state index in [1.54, 1.807) is 0 Å². The molecule has 16 heavy (non-hydrogen) atoms. The predicted molar refractivity (Wildman–Crippen MR) is 61.8 cm³/mol. The summed E-state index contributed by atoms with van der Waals surface area (Å²) in [6.07, 6.45) is 0.782. The van der Waals surface area contributed by atoms with Crippen molar-refractivity contribution in [3.05, 3.63) is 31.2 Å². The van der Waals surface area contributed by atoms with Crippen molar-refractivity contribution in [2.24, 2.45) is 0 Å². The van der Waals surface area contributed by atoms with Gasteiger partial charge in [0.25, 0.3) is 5.88 Å². The molecule has 1 saturated heterocycles. The number of allylic oxidation sites excluding steroid dienone is 1. The number of nitrogens with one attached hydrogen (secondary N) is 1. The molecule has 8 heteroatoms. The molecule has 0 spiro atoms. The Morgan fingerprint density at radius 3 is 2.62 bits per heavy atom. The zero-order chi connectivity index (χ0) is 12.3. The number of ether oxygens (including phenoxy) is 1. The first-order valence-electron chi connectivity index (χ1n) is 4.46. The lowest BCUT2D eigenvalue weighted by molar-refractivity contribution is -0.423. The fourth-order valence-electron chi connectivity index (χ4n) is 1.16. The van der Waals surface area contributed by atoms with Crippen LogP contribution in [0.15, 0.2) is 21.1 Å². The Balaban J connectivity index is 3.08. The molecule has 0 aromatic heterocycles. The van der Waals surface area contributed by atoms with Crippen molar-refractivity contribution in [3.63, 3.8) is 0 Å². The fourth-order valence-corrected chi connectivity index (χ4v) is 1.50. The van der Waals surface area contributed by atoms with E-state index < -0.39 is 10.6 Å². The van der Waals surface area contributed by atoms with Gasteiger partial charge in [-0.25, -0.2) is 0 Å². The van der Waals surface area contributed by atoms with Crippen LogP contribution in [0.1, 0.15) is 13.3 Å². The van der Waals surface area contributed by atoms with E-state index in [0.717, 1.165) is 6.42 Å². The molecule has 0 bridgehead atoms. The molecule has 1 aliphatic rings. The summed E-state index contributed by atoms with van der Waals surface area (Å²) in [4.78, 5) is 10.1. The fraction of sp³-hybridized carbons (Fsp3) is 0.500. The summed E-state index contributed by atoms with van der Waals surface area (Å²) < 4.78 is 4.77. The van der Waals surface area contributed by atoms with Crippen molar-refractivity contribution in [2.45, 2.75) is 19.4 Å². The van der Waals surface area contributed by atoms with Crippen LogP contribution in [0, 0.1) is 10.1 Å². The minimum atomic E-state index is -0.687. The highest BCUT2D eigenvalue weighted by atomic mass is 35.5. The standard InChI is InChI=1S/C8H9Cl3N2O3/c1-2-4-3-16-8(12-4)6(13(14)15)5(9)7(10)11/h4,12H,2-3H2,1H3. The minimum absolute atomic E-state index is 0.000602. The summed E-state index contributed by atoms with van der Waals surface area (Å²) in [5, 5.41) is 13.3. The number of hydrogen-bond donors (Lipinski definition) is 1. The van der Waals surface area contributed by atoms with E-state index in [2.05, 4.69) is 5.32 Å². The SMILES string of the molecule is CCC1COC(=C(C(Cl)=C(Cl)Cl)[N+](=O)[O-])N1. The number of nitro groups is 1. The maximum Gasteiger partial charge on any atom is 0.349 e. The first-order chi connectivity index (χ1) is 7.47. The molecule has 1 unspecified atom stereocenters. The van der Waals surface area contributed by atoms with Gasteiger partial charge in [0.05, 0.1) is 11.0 Å². The Labute approximate surface area is 107 Å². The van der Waals surface area contributed by atoms with Gasteiger partial charge in [-0.05, 0) is 6.42 Å². The van der Waals surface area contributed by atoms with Crippen molar-refractivity contribution in [1.29, 1.82) is 0 Å². The second kappa shape index (κ2) is 5.61. The van der Waals surface area contributed by atoms with Crippen LogP contribution < -0.4 is 5.32 Å². The lowest BCUT2D eigenvalue weighted by atomic mass is 10.2. The van der Waals surface area contributed by atoms with Crippen LogP contribution >= 0.6 is 34.8 Å². The second-order valence-electron chi connectivity index (χ2n) is 3.07. The Morgan fingerprint density at radius 1 is 1.62 bits per heavy atom. The molecule has 90 valence electrons. The van der Waals surface area contributed by atoms with Crippen LogP contribution in [0.3, 0.4) is 0 Å². The predicted octanol–water partition coefficient (Wildman–Crippen LogP) is 2.72. The molecule has 1 fully saturated rings. The van der Waals surface area contributed by atoms with E-state index in [1.165, 1.54) is 0 Å². The topological polar surface area (TPSA) is 64.4 Å². The summed E-state index contributed by atoms with van der Waals surface area (Å²) in [7, 11) is 0. The van der Waals surface area contributed by atoms with Crippen molar-refractivity contribution < 1.29 is 9.66 Å². The monoisotopic (exact) mass is 286 g/mol. The highest BCUT2D eigenvalue weighted by molar-refractivity contribution is 6.59. The highest BCUT2D eigenvalue weighted by Gasteiger charge is 2.31. The summed E-state index contributed by atoms with van der Waals surface area (Å²) in [5.41, 5.74) is -0.447. The average Bonchev–Trinajstić information content (AvgIpc) is 2.65. The van der Waals surface area contributed by atoms with E-state index in [0.29, 0.717) is 6.61 Å². The molecule has 0 aliphatic carbocycles. The molecule has 1 aliphatic heterocycles. The summed E-state index contributed by atoms with van der Waals surface area (Å²) in [6, 6.07) is 0.0310. The molecule has 0 aromatic rings. The van der Waals surface area contributed by atoms with Gasteiger partial charge in [-0.15, -0.1) is 0 Å². The van der Waals surface area contributed by atoms with Gasteiger partial charge >= 0.3 is 5.70 Å². The van der Waals surface area contributed by atoms with E-state index in [9.17, 15) is 10.1 Å². The number of hydrogen-bond acceptors (Lipinski definition) is 4. The molecule has 1 rings (SSSR count). The second-order valence-corrected chi connectivity index (χ2v) is 4.40. The largest absolute Gasteiger partial charge is 0.472 e. The molecule has 0 amide bonds. The van der Waals surface area contributed by atoms with Gasteiger partial charge in [-0.3, -0.25) is 10.1 Å². The zero-order valence-corrected chi connectivity index (χ0v) is 10.6. The quantitative estimate of drug-likeness (QED) is 0.640. The van der Waals surface area contributed by atoms with Gasteiger partial charge in [0.1, 0.15) is 11.1 Å². The normalized spacial score (nSPS) is 22.1. The maximum absolute atomic E-state index is 10.8. The number of rotatable bonds is 3. The molecule has 0 aromatic carbocycles. The summed E-state index contributed by atoms with van der Waals surface area (Å²) >= 11 is 16.5. The smallest absolute Gasteiger partial charge is 0.349 e. The first kappa shape index (κ1) is 13.4. The van der Waals surface area contributed by atoms with Crippen LogP contribution in [0.2, 0.25) is 0 Å². The number of halogens is 3. The zero-order valence-electron chi connectivity index (χ0n) is 8.30. The van der Waals surface area contributed by atoms with Gasteiger partial charge in [0.2, 0.25) is 0 Å². The van der Waals surface area contributed by atoms with E-state index in [-0.39, 0.29) is 21.4 Å². The summed E-state index contributed by atoms with van der Waals surface area (Å²) in [6.45, 7) is 2.29. The van der Waals surface area contributed by atoms with E-state index in [4.69, 9.17) is 39.5 Å². The molecule has 1 heterocycles. The van der Waals surface area contributed by atoms with Crippen LogP contribution in [0.4, 0.5) is 0 Å². The Hall–Kier alpha value is -0.650. The third-order valence-corrected chi connectivity index (χ3v) is 2.97. The number of nitrogens with zero attached hydrogens (tertiary/aromatic N) is 1. The molecular weight excluding hydrogens is 278 g/mol. The third kappa shape index (κ3) is 2.93. The Morgan fingerprint density at radius 2 is 2.25 bits per heavy atom. The van der Waals surface area contributed by atoms with Crippen LogP contribution in [0.5, 0.6) is 0 Å². The molecule has 1 atom stereocenters. The van der Waals surface area contributed by atoms with Gasteiger partial charge in [-0.1, -0.05) is 41.7 Å². The van der Waals surface area contributed by atoms with Gasteiger partial charge in [0, 0.05) is 0 Å². The average molecular weight is 288 g/mol. The van der Waals surface area contributed by atoms with E-state index >= 15 is 0 Å². The van der Waals surface area contributed by atoms with Gasteiger partial charge < -0.3 is 10.1 Å². The van der Waals surface area contributed by atoms with Gasteiger partial charge in [-0.2, -0.15) is 0 Å². The van der Waals surface area contributed by atoms with Crippen LogP contribution in [0.25, 0.3) is 0 Å². The lowest BCUT2D eigenvalue weighted by Gasteiger charge is -2.03. The van der Waals surface area contributed by atoms with Crippen molar-refractivity contribution in [1.82, 2.24) is 5.32 Å². The molecular formula is C8H9Cl3N2O3. The summed E-state index contributed by atoms with van der Waals surface area (Å²) in [5.74, 6) is 0.000602. The van der Waals surface area contributed by atoms with Crippen molar-refractivity contribution in [3.8, 4) is 0 Å². The molecule has 5 nitrogen and oxygen atoms in total. The Kier molecular flexibility index (Phi) is 4.70. The van der Waals surface area contributed by atoms with Crippen molar-refractivity contribution >= 4 is 34.8 Å². The lowest BCUT2D eigenvalue weighted by Crippen LogP contribution is -2.23. The third-order valence-electron chi connectivity index (χ3n) is 2.03. The molecule has 0 radical (unpaired) electrons.